The summed E-state index contributed by atoms with van der Waals surface area (Å²) in [6.07, 6.45) is 2.86. The molecular formula is C13H20N4O. The van der Waals surface area contributed by atoms with Gasteiger partial charge in [0.25, 0.3) is 0 Å². The molecule has 0 bridgehead atoms. The van der Waals surface area contributed by atoms with Crippen molar-refractivity contribution < 1.29 is 4.42 Å². The molecule has 0 fully saturated rings. The maximum Gasteiger partial charge on any atom is 0.147 e. The van der Waals surface area contributed by atoms with Gasteiger partial charge in [-0.15, -0.1) is 0 Å². The second kappa shape index (κ2) is 5.82. The fourth-order valence-electron chi connectivity index (χ4n) is 1.91. The van der Waals surface area contributed by atoms with Gasteiger partial charge in [0.1, 0.15) is 17.4 Å². The average molecular weight is 248 g/mol. The lowest BCUT2D eigenvalue weighted by Crippen LogP contribution is -2.15. The van der Waals surface area contributed by atoms with E-state index in [-0.39, 0.29) is 0 Å². The molecule has 2 rings (SSSR count). The molecule has 0 aromatic carbocycles. The first-order valence-electron chi connectivity index (χ1n) is 6.34. The van der Waals surface area contributed by atoms with Crippen LogP contribution in [-0.2, 0) is 13.1 Å². The van der Waals surface area contributed by atoms with Gasteiger partial charge in [-0.05, 0) is 32.9 Å². The quantitative estimate of drug-likeness (QED) is 0.795. The number of furan rings is 1. The van der Waals surface area contributed by atoms with Crippen LogP contribution in [0.2, 0.25) is 0 Å². The van der Waals surface area contributed by atoms with Crippen molar-refractivity contribution in [2.24, 2.45) is 0 Å². The molecule has 5 heteroatoms. The van der Waals surface area contributed by atoms with Crippen LogP contribution < -0.4 is 5.32 Å². The van der Waals surface area contributed by atoms with Crippen LogP contribution in [-0.4, -0.2) is 21.3 Å². The lowest BCUT2D eigenvalue weighted by molar-refractivity contribution is 0.474. The molecule has 0 atom stereocenters. The van der Waals surface area contributed by atoms with E-state index >= 15 is 0 Å². The molecule has 0 saturated heterocycles. The molecule has 2 heterocycles. The van der Waals surface area contributed by atoms with Gasteiger partial charge in [-0.25, -0.2) is 9.67 Å². The largest absolute Gasteiger partial charge is 0.468 e. The molecule has 0 unspecified atom stereocenters. The smallest absolute Gasteiger partial charge is 0.147 e. The van der Waals surface area contributed by atoms with Crippen LogP contribution in [0, 0.1) is 13.8 Å². The zero-order valence-electron chi connectivity index (χ0n) is 11.2. The molecule has 0 radical (unpaired) electrons. The van der Waals surface area contributed by atoms with Gasteiger partial charge in [0, 0.05) is 5.56 Å². The second-order valence-corrected chi connectivity index (χ2v) is 4.41. The van der Waals surface area contributed by atoms with E-state index in [9.17, 15) is 0 Å². The molecular weight excluding hydrogens is 228 g/mol. The van der Waals surface area contributed by atoms with Gasteiger partial charge >= 0.3 is 0 Å². The summed E-state index contributed by atoms with van der Waals surface area (Å²) in [6.45, 7) is 8.51. The van der Waals surface area contributed by atoms with Gasteiger partial charge < -0.3 is 9.73 Å². The first-order valence-corrected chi connectivity index (χ1v) is 6.34. The summed E-state index contributed by atoms with van der Waals surface area (Å²) in [5.41, 5.74) is 1.16. The molecule has 0 aliphatic rings. The van der Waals surface area contributed by atoms with E-state index in [0.29, 0.717) is 6.54 Å². The van der Waals surface area contributed by atoms with Gasteiger partial charge in [-0.3, -0.25) is 0 Å². The predicted molar refractivity (Wildman–Crippen MR) is 69.3 cm³/mol. The standard InChI is InChI=1S/C13H20N4O/c1-4-6-14-8-13-12(5-7-18-13)9-17-11(3)15-10(2)16-17/h5,7,14H,4,6,8-9H2,1-3H3. The average Bonchev–Trinajstić information content (AvgIpc) is 2.88. The summed E-state index contributed by atoms with van der Waals surface area (Å²) in [7, 11) is 0. The van der Waals surface area contributed by atoms with Crippen molar-refractivity contribution in [1.29, 1.82) is 0 Å². The maximum absolute atomic E-state index is 5.51. The van der Waals surface area contributed by atoms with Gasteiger partial charge in [0.05, 0.1) is 19.4 Å². The Labute approximate surface area is 107 Å². The summed E-state index contributed by atoms with van der Waals surface area (Å²) in [4.78, 5) is 4.30. The number of hydrogen-bond acceptors (Lipinski definition) is 4. The third-order valence-corrected chi connectivity index (χ3v) is 2.83. The number of nitrogens with zero attached hydrogens (tertiary/aromatic N) is 3. The Morgan fingerprint density at radius 2 is 2.22 bits per heavy atom. The van der Waals surface area contributed by atoms with Crippen molar-refractivity contribution in [1.82, 2.24) is 20.1 Å². The van der Waals surface area contributed by atoms with Gasteiger partial charge in [0.15, 0.2) is 0 Å². The molecule has 18 heavy (non-hydrogen) atoms. The molecule has 0 amide bonds. The van der Waals surface area contributed by atoms with Crippen LogP contribution in [0.1, 0.15) is 36.3 Å². The van der Waals surface area contributed by atoms with Crippen LogP contribution in [0.3, 0.4) is 0 Å². The van der Waals surface area contributed by atoms with E-state index in [1.165, 1.54) is 0 Å². The predicted octanol–water partition coefficient (Wildman–Crippen LogP) is 2.04. The maximum atomic E-state index is 5.51. The number of hydrogen-bond donors (Lipinski definition) is 1. The number of aryl methyl sites for hydroxylation is 2. The van der Waals surface area contributed by atoms with Crippen molar-refractivity contribution in [2.75, 3.05) is 6.54 Å². The van der Waals surface area contributed by atoms with Gasteiger partial charge in [0.2, 0.25) is 0 Å². The van der Waals surface area contributed by atoms with Crippen LogP contribution in [0.5, 0.6) is 0 Å². The molecule has 1 N–H and O–H groups in total. The monoisotopic (exact) mass is 248 g/mol. The molecule has 2 aromatic rings. The van der Waals surface area contributed by atoms with Crippen LogP contribution >= 0.6 is 0 Å². The van der Waals surface area contributed by atoms with Gasteiger partial charge in [-0.1, -0.05) is 6.92 Å². The number of aromatic nitrogens is 3. The minimum absolute atomic E-state index is 0.715. The van der Waals surface area contributed by atoms with E-state index in [0.717, 1.165) is 42.5 Å². The highest BCUT2D eigenvalue weighted by Crippen LogP contribution is 2.12. The molecule has 98 valence electrons. The highest BCUT2D eigenvalue weighted by molar-refractivity contribution is 5.17. The Balaban J connectivity index is 2.05. The minimum Gasteiger partial charge on any atom is -0.468 e. The lowest BCUT2D eigenvalue weighted by Gasteiger charge is -2.05. The van der Waals surface area contributed by atoms with Crippen LogP contribution in [0.4, 0.5) is 0 Å². The second-order valence-electron chi connectivity index (χ2n) is 4.41. The minimum atomic E-state index is 0.715. The normalized spacial score (nSPS) is 11.1. The summed E-state index contributed by atoms with van der Waals surface area (Å²) < 4.78 is 7.41. The highest BCUT2D eigenvalue weighted by atomic mass is 16.3. The topological polar surface area (TPSA) is 55.9 Å². The molecule has 2 aromatic heterocycles. The van der Waals surface area contributed by atoms with Crippen LogP contribution in [0.15, 0.2) is 16.7 Å². The molecule has 0 aliphatic heterocycles. The SMILES string of the molecule is CCCNCc1occc1Cn1nc(C)nc1C. The Bertz CT molecular complexity index is 501. The van der Waals surface area contributed by atoms with Gasteiger partial charge in [-0.2, -0.15) is 5.10 Å². The fraction of sp³-hybridized carbons (Fsp3) is 0.538. The summed E-state index contributed by atoms with van der Waals surface area (Å²) >= 11 is 0. The summed E-state index contributed by atoms with van der Waals surface area (Å²) in [6, 6.07) is 2.00. The summed E-state index contributed by atoms with van der Waals surface area (Å²) in [5, 5.41) is 7.71. The third-order valence-electron chi connectivity index (χ3n) is 2.83. The number of rotatable bonds is 6. The van der Waals surface area contributed by atoms with E-state index in [1.54, 1.807) is 6.26 Å². The Morgan fingerprint density at radius 1 is 1.39 bits per heavy atom. The van der Waals surface area contributed by atoms with Crippen molar-refractivity contribution in [3.05, 3.63) is 35.3 Å². The zero-order valence-corrected chi connectivity index (χ0v) is 11.2. The van der Waals surface area contributed by atoms with Crippen molar-refractivity contribution in [2.45, 2.75) is 40.3 Å². The molecule has 0 saturated carbocycles. The Kier molecular flexibility index (Phi) is 4.15. The Hall–Kier alpha value is -1.62. The zero-order chi connectivity index (χ0) is 13.0. The molecule has 0 aliphatic carbocycles. The first kappa shape index (κ1) is 12.8. The van der Waals surface area contributed by atoms with E-state index < -0.39 is 0 Å². The van der Waals surface area contributed by atoms with E-state index in [4.69, 9.17) is 4.42 Å². The van der Waals surface area contributed by atoms with E-state index in [2.05, 4.69) is 22.3 Å². The van der Waals surface area contributed by atoms with Crippen molar-refractivity contribution in [3.63, 3.8) is 0 Å². The lowest BCUT2D eigenvalue weighted by atomic mass is 10.2. The molecule has 0 spiro atoms. The number of nitrogens with one attached hydrogen (secondary N) is 1. The molecule has 5 nitrogen and oxygen atoms in total. The van der Waals surface area contributed by atoms with Crippen molar-refractivity contribution in [3.8, 4) is 0 Å². The fourth-order valence-corrected chi connectivity index (χ4v) is 1.91. The van der Waals surface area contributed by atoms with Crippen LogP contribution in [0.25, 0.3) is 0 Å². The first-order chi connectivity index (χ1) is 8.70. The highest BCUT2D eigenvalue weighted by Gasteiger charge is 2.09. The van der Waals surface area contributed by atoms with Crippen molar-refractivity contribution >= 4 is 0 Å². The summed E-state index contributed by atoms with van der Waals surface area (Å²) in [5.74, 6) is 2.72. The Morgan fingerprint density at radius 3 is 2.89 bits per heavy atom. The van der Waals surface area contributed by atoms with E-state index in [1.807, 2.05) is 24.6 Å². The third kappa shape index (κ3) is 2.98.